The zero-order valence-corrected chi connectivity index (χ0v) is 8.73. The molecular weight excluding hydrogens is 160 g/mol. The number of hydrogen-bond acceptors (Lipinski definition) is 2. The third kappa shape index (κ3) is 1.30. The third-order valence-corrected chi connectivity index (χ3v) is 2.74. The van der Waals surface area contributed by atoms with E-state index in [0.717, 1.165) is 6.42 Å². The molecule has 2 heterocycles. The molecule has 0 bridgehead atoms. The van der Waals surface area contributed by atoms with Crippen molar-refractivity contribution in [1.82, 2.24) is 4.98 Å². The molecule has 1 aromatic heterocycles. The zero-order valence-electron chi connectivity index (χ0n) is 8.73. The highest BCUT2D eigenvalue weighted by Gasteiger charge is 2.29. The van der Waals surface area contributed by atoms with Crippen LogP contribution in [-0.4, -0.2) is 10.5 Å². The summed E-state index contributed by atoms with van der Waals surface area (Å²) >= 11 is 0. The minimum absolute atomic E-state index is 0.174. The first kappa shape index (κ1) is 8.54. The number of rotatable bonds is 0. The Labute approximate surface area is 79.4 Å². The molecule has 0 radical (unpaired) electrons. The Hall–Kier alpha value is -1.05. The van der Waals surface area contributed by atoms with Crippen LogP contribution in [-0.2, 0) is 6.42 Å². The molecule has 0 fully saturated rings. The predicted octanol–water partition coefficient (Wildman–Crippen LogP) is 2.45. The van der Waals surface area contributed by atoms with Gasteiger partial charge in [-0.3, -0.25) is 4.98 Å². The van der Waals surface area contributed by atoms with Crippen LogP contribution in [0.15, 0.2) is 6.20 Å². The molecule has 70 valence electrons. The van der Waals surface area contributed by atoms with Crippen molar-refractivity contribution in [2.75, 3.05) is 5.32 Å². The van der Waals surface area contributed by atoms with Crippen molar-refractivity contribution in [2.24, 2.45) is 0 Å². The van der Waals surface area contributed by atoms with Crippen LogP contribution in [0.4, 0.5) is 5.69 Å². The summed E-state index contributed by atoms with van der Waals surface area (Å²) in [4.78, 5) is 4.45. The molecule has 1 aliphatic rings. The lowest BCUT2D eigenvalue weighted by molar-refractivity contribution is 0.588. The smallest absolute Gasteiger partial charge is 0.0660 e. The Balaban J connectivity index is 2.53. The largest absolute Gasteiger partial charge is 0.378 e. The molecule has 0 saturated heterocycles. The number of aromatic nitrogens is 1. The van der Waals surface area contributed by atoms with Crippen molar-refractivity contribution in [3.63, 3.8) is 0 Å². The molecule has 2 heteroatoms. The van der Waals surface area contributed by atoms with E-state index in [2.05, 4.69) is 38.0 Å². The average Bonchev–Trinajstić information content (AvgIpc) is 2.34. The maximum absolute atomic E-state index is 4.45. The minimum Gasteiger partial charge on any atom is -0.378 e. The fraction of sp³-hybridized carbons (Fsp3) is 0.545. The Morgan fingerprint density at radius 3 is 2.77 bits per heavy atom. The van der Waals surface area contributed by atoms with Gasteiger partial charge in [-0.05, 0) is 38.8 Å². The molecule has 1 N–H and O–H groups in total. The molecule has 0 atom stereocenters. The second-order valence-corrected chi connectivity index (χ2v) is 4.57. The monoisotopic (exact) mass is 176 g/mol. The number of nitrogens with zero attached hydrogens (tertiary/aromatic N) is 1. The summed E-state index contributed by atoms with van der Waals surface area (Å²) in [5, 5.41) is 3.52. The fourth-order valence-electron chi connectivity index (χ4n) is 1.85. The summed E-state index contributed by atoms with van der Waals surface area (Å²) in [5.74, 6) is 0. The van der Waals surface area contributed by atoms with Crippen LogP contribution in [0.25, 0.3) is 0 Å². The molecule has 0 amide bonds. The maximum atomic E-state index is 4.45. The maximum Gasteiger partial charge on any atom is 0.0660 e. The molecule has 0 spiro atoms. The summed E-state index contributed by atoms with van der Waals surface area (Å²) in [7, 11) is 0. The third-order valence-electron chi connectivity index (χ3n) is 2.74. The SMILES string of the molecule is Cc1cnc2c(c1C)NC(C)(C)C2. The van der Waals surface area contributed by atoms with Crippen LogP contribution < -0.4 is 5.32 Å². The minimum atomic E-state index is 0.174. The van der Waals surface area contributed by atoms with Crippen LogP contribution in [0.5, 0.6) is 0 Å². The zero-order chi connectivity index (χ0) is 9.64. The number of hydrogen-bond donors (Lipinski definition) is 1. The van der Waals surface area contributed by atoms with Gasteiger partial charge in [0.15, 0.2) is 0 Å². The van der Waals surface area contributed by atoms with Crippen LogP contribution >= 0.6 is 0 Å². The quantitative estimate of drug-likeness (QED) is 0.656. The van der Waals surface area contributed by atoms with Crippen molar-refractivity contribution in [2.45, 2.75) is 39.7 Å². The lowest BCUT2D eigenvalue weighted by atomic mass is 10.0. The lowest BCUT2D eigenvalue weighted by Crippen LogP contribution is -2.27. The first-order valence-electron chi connectivity index (χ1n) is 4.73. The van der Waals surface area contributed by atoms with Gasteiger partial charge < -0.3 is 5.32 Å². The van der Waals surface area contributed by atoms with Crippen molar-refractivity contribution in [3.05, 3.63) is 23.0 Å². The highest BCUT2D eigenvalue weighted by molar-refractivity contribution is 5.62. The van der Waals surface area contributed by atoms with E-state index >= 15 is 0 Å². The summed E-state index contributed by atoms with van der Waals surface area (Å²) in [6, 6.07) is 0. The van der Waals surface area contributed by atoms with E-state index in [1.807, 2.05) is 6.20 Å². The number of pyridine rings is 1. The molecule has 1 aromatic rings. The van der Waals surface area contributed by atoms with E-state index in [0.29, 0.717) is 0 Å². The van der Waals surface area contributed by atoms with Gasteiger partial charge in [0, 0.05) is 18.2 Å². The van der Waals surface area contributed by atoms with Crippen LogP contribution in [0.2, 0.25) is 0 Å². The van der Waals surface area contributed by atoms with Gasteiger partial charge >= 0.3 is 0 Å². The summed E-state index contributed by atoms with van der Waals surface area (Å²) in [6.07, 6.45) is 3.00. The second kappa shape index (κ2) is 2.47. The first-order chi connectivity index (χ1) is 5.99. The Kier molecular flexibility index (Phi) is 1.62. The lowest BCUT2D eigenvalue weighted by Gasteiger charge is -2.18. The van der Waals surface area contributed by atoms with Crippen LogP contribution in [0, 0.1) is 13.8 Å². The van der Waals surface area contributed by atoms with Gasteiger partial charge in [0.1, 0.15) is 0 Å². The van der Waals surface area contributed by atoms with E-state index < -0.39 is 0 Å². The molecule has 0 saturated carbocycles. The van der Waals surface area contributed by atoms with Gasteiger partial charge in [-0.15, -0.1) is 0 Å². The molecule has 13 heavy (non-hydrogen) atoms. The molecule has 0 aromatic carbocycles. The molecule has 0 aliphatic carbocycles. The highest BCUT2D eigenvalue weighted by atomic mass is 15.0. The number of nitrogens with one attached hydrogen (secondary N) is 1. The van der Waals surface area contributed by atoms with Crippen molar-refractivity contribution < 1.29 is 0 Å². The molecule has 0 unspecified atom stereocenters. The Morgan fingerprint density at radius 2 is 2.08 bits per heavy atom. The van der Waals surface area contributed by atoms with E-state index in [1.54, 1.807) is 0 Å². The van der Waals surface area contributed by atoms with Gasteiger partial charge in [0.05, 0.1) is 11.4 Å². The summed E-state index contributed by atoms with van der Waals surface area (Å²) < 4.78 is 0. The van der Waals surface area contributed by atoms with Crippen LogP contribution in [0.1, 0.15) is 30.7 Å². The van der Waals surface area contributed by atoms with Crippen LogP contribution in [0.3, 0.4) is 0 Å². The summed E-state index contributed by atoms with van der Waals surface area (Å²) in [6.45, 7) is 8.69. The van der Waals surface area contributed by atoms with E-state index in [4.69, 9.17) is 0 Å². The molecule has 2 nitrogen and oxygen atoms in total. The summed E-state index contributed by atoms with van der Waals surface area (Å²) in [5.41, 5.74) is 5.26. The van der Waals surface area contributed by atoms with Gasteiger partial charge in [0.2, 0.25) is 0 Å². The Morgan fingerprint density at radius 1 is 1.38 bits per heavy atom. The van der Waals surface area contributed by atoms with Gasteiger partial charge in [-0.2, -0.15) is 0 Å². The second-order valence-electron chi connectivity index (χ2n) is 4.57. The molecule has 2 rings (SSSR count). The van der Waals surface area contributed by atoms with Crippen molar-refractivity contribution in [1.29, 1.82) is 0 Å². The molecule has 1 aliphatic heterocycles. The standard InChI is InChI=1S/C11H16N2/c1-7-6-12-9-5-11(3,4)13-10(9)8(7)2/h6,13H,5H2,1-4H3. The van der Waals surface area contributed by atoms with Gasteiger partial charge in [0.25, 0.3) is 0 Å². The number of anilines is 1. The van der Waals surface area contributed by atoms with E-state index in [-0.39, 0.29) is 5.54 Å². The first-order valence-corrected chi connectivity index (χ1v) is 4.73. The highest BCUT2D eigenvalue weighted by Crippen LogP contribution is 2.33. The van der Waals surface area contributed by atoms with Gasteiger partial charge in [-0.1, -0.05) is 0 Å². The Bertz CT molecular complexity index is 353. The van der Waals surface area contributed by atoms with Crippen molar-refractivity contribution >= 4 is 5.69 Å². The van der Waals surface area contributed by atoms with Gasteiger partial charge in [-0.25, -0.2) is 0 Å². The average molecular weight is 176 g/mol. The fourth-order valence-corrected chi connectivity index (χ4v) is 1.85. The normalized spacial score (nSPS) is 18.2. The van der Waals surface area contributed by atoms with Crippen molar-refractivity contribution in [3.8, 4) is 0 Å². The van der Waals surface area contributed by atoms with E-state index in [1.165, 1.54) is 22.5 Å². The number of fused-ring (bicyclic) bond motifs is 1. The number of aryl methyl sites for hydroxylation is 1. The van der Waals surface area contributed by atoms with E-state index in [9.17, 15) is 0 Å². The predicted molar refractivity (Wildman–Crippen MR) is 55.1 cm³/mol. The topological polar surface area (TPSA) is 24.9 Å². The molecular formula is C11H16N2.